The first-order valence-corrected chi connectivity index (χ1v) is 7.67. The fraction of sp³-hybridized carbons (Fsp3) is 0.533. The van der Waals surface area contributed by atoms with Gasteiger partial charge in [0.25, 0.3) is 0 Å². The maximum absolute atomic E-state index is 10.9. The van der Waals surface area contributed by atoms with Crippen molar-refractivity contribution in [3.05, 3.63) is 33.8 Å². The predicted octanol–water partition coefficient (Wildman–Crippen LogP) is 2.67. The largest absolute Gasteiger partial charge is 0.478 e. The molecule has 5 heteroatoms. The van der Waals surface area contributed by atoms with Crippen LogP contribution in [-0.4, -0.2) is 54.1 Å². The molecule has 0 radical (unpaired) electrons. The lowest BCUT2D eigenvalue weighted by Gasteiger charge is -2.27. The molecule has 0 saturated carbocycles. The van der Waals surface area contributed by atoms with Gasteiger partial charge in [-0.2, -0.15) is 0 Å². The summed E-state index contributed by atoms with van der Waals surface area (Å²) in [6.07, 6.45) is 2.48. The Morgan fingerprint density at radius 2 is 2.25 bits per heavy atom. The molecule has 1 saturated heterocycles. The molecular weight excluding hydrogens is 320 g/mol. The molecule has 0 aliphatic carbocycles. The normalized spacial score (nSPS) is 19.7. The molecule has 110 valence electrons. The Kier molecular flexibility index (Phi) is 5.18. The second kappa shape index (κ2) is 6.70. The fourth-order valence-electron chi connectivity index (χ4n) is 2.76. The van der Waals surface area contributed by atoms with E-state index in [1.54, 1.807) is 12.1 Å². The lowest BCUT2D eigenvalue weighted by atomic mass is 10.1. The monoisotopic (exact) mass is 340 g/mol. The number of hydrogen-bond donors (Lipinski definition) is 1. The van der Waals surface area contributed by atoms with E-state index in [2.05, 4.69) is 39.8 Å². The number of hydrogen-bond acceptors (Lipinski definition) is 3. The van der Waals surface area contributed by atoms with Gasteiger partial charge in [0.1, 0.15) is 0 Å². The van der Waals surface area contributed by atoms with E-state index in [1.165, 1.54) is 12.8 Å². The van der Waals surface area contributed by atoms with Crippen molar-refractivity contribution in [3.63, 3.8) is 0 Å². The molecule has 0 bridgehead atoms. The lowest BCUT2D eigenvalue weighted by molar-refractivity contribution is 0.0696. The van der Waals surface area contributed by atoms with Gasteiger partial charge in [0, 0.05) is 23.6 Å². The molecule has 1 atom stereocenters. The van der Waals surface area contributed by atoms with Gasteiger partial charge in [-0.25, -0.2) is 4.79 Å². The summed E-state index contributed by atoms with van der Waals surface area (Å²) in [7, 11) is 4.21. The summed E-state index contributed by atoms with van der Waals surface area (Å²) in [5.74, 6) is -0.885. The molecule has 1 N–H and O–H groups in total. The van der Waals surface area contributed by atoms with Gasteiger partial charge in [-0.3, -0.25) is 4.90 Å². The van der Waals surface area contributed by atoms with Gasteiger partial charge in [0.2, 0.25) is 0 Å². The van der Waals surface area contributed by atoms with Crippen LogP contribution in [0.4, 0.5) is 0 Å². The quantitative estimate of drug-likeness (QED) is 0.894. The topological polar surface area (TPSA) is 43.8 Å². The van der Waals surface area contributed by atoms with Crippen molar-refractivity contribution in [2.45, 2.75) is 25.4 Å². The highest BCUT2D eigenvalue weighted by atomic mass is 79.9. The fourth-order valence-corrected chi connectivity index (χ4v) is 3.26. The molecule has 0 amide bonds. The zero-order valence-electron chi connectivity index (χ0n) is 12.0. The van der Waals surface area contributed by atoms with Crippen LogP contribution in [0.5, 0.6) is 0 Å². The Morgan fingerprint density at radius 1 is 1.50 bits per heavy atom. The van der Waals surface area contributed by atoms with E-state index in [0.29, 0.717) is 11.6 Å². The summed E-state index contributed by atoms with van der Waals surface area (Å²) in [4.78, 5) is 15.7. The van der Waals surface area contributed by atoms with Gasteiger partial charge in [0.05, 0.1) is 5.56 Å². The number of carbonyl (C=O) groups is 1. The van der Waals surface area contributed by atoms with Crippen molar-refractivity contribution in [2.24, 2.45) is 0 Å². The van der Waals surface area contributed by atoms with Crippen molar-refractivity contribution >= 4 is 21.9 Å². The van der Waals surface area contributed by atoms with Gasteiger partial charge >= 0.3 is 5.97 Å². The van der Waals surface area contributed by atoms with Gasteiger partial charge in [-0.15, -0.1) is 0 Å². The van der Waals surface area contributed by atoms with Gasteiger partial charge in [-0.1, -0.05) is 22.0 Å². The Bertz CT molecular complexity index is 491. The van der Waals surface area contributed by atoms with Crippen LogP contribution in [0.15, 0.2) is 22.7 Å². The van der Waals surface area contributed by atoms with Gasteiger partial charge in [-0.05, 0) is 51.2 Å². The van der Waals surface area contributed by atoms with E-state index < -0.39 is 5.97 Å². The molecule has 1 aliphatic heterocycles. The molecular formula is C15H21BrN2O2. The summed E-state index contributed by atoms with van der Waals surface area (Å²) in [6, 6.07) is 5.88. The minimum absolute atomic E-state index is 0.326. The third kappa shape index (κ3) is 3.81. The van der Waals surface area contributed by atoms with Crippen molar-refractivity contribution in [2.75, 3.05) is 27.2 Å². The van der Waals surface area contributed by atoms with Crippen molar-refractivity contribution in [1.82, 2.24) is 9.80 Å². The third-order valence-corrected chi connectivity index (χ3v) is 4.49. The van der Waals surface area contributed by atoms with Crippen LogP contribution in [-0.2, 0) is 6.54 Å². The van der Waals surface area contributed by atoms with Crippen LogP contribution >= 0.6 is 15.9 Å². The van der Waals surface area contributed by atoms with Crippen molar-refractivity contribution < 1.29 is 9.90 Å². The lowest BCUT2D eigenvalue weighted by Crippen LogP contribution is -2.37. The number of likely N-dealkylation sites (tertiary alicyclic amines) is 1. The molecule has 1 aromatic carbocycles. The van der Waals surface area contributed by atoms with E-state index >= 15 is 0 Å². The Balaban J connectivity index is 2.07. The first kappa shape index (κ1) is 15.5. The average Bonchev–Trinajstić information content (AvgIpc) is 2.78. The van der Waals surface area contributed by atoms with Crippen LogP contribution in [0.1, 0.15) is 28.8 Å². The first-order valence-electron chi connectivity index (χ1n) is 6.88. The molecule has 1 heterocycles. The first-order chi connectivity index (χ1) is 9.47. The molecule has 1 unspecified atom stereocenters. The predicted molar refractivity (Wildman–Crippen MR) is 83.1 cm³/mol. The van der Waals surface area contributed by atoms with Gasteiger partial charge < -0.3 is 10.0 Å². The highest BCUT2D eigenvalue weighted by Crippen LogP contribution is 2.25. The molecule has 1 fully saturated rings. The summed E-state index contributed by atoms with van der Waals surface area (Å²) in [5, 5.41) is 8.99. The van der Waals surface area contributed by atoms with Crippen LogP contribution in [0.2, 0.25) is 0 Å². The summed E-state index contributed by atoms with van der Waals surface area (Å²) >= 11 is 3.49. The number of benzene rings is 1. The van der Waals surface area contributed by atoms with Crippen LogP contribution in [0.3, 0.4) is 0 Å². The minimum atomic E-state index is -0.885. The Hall–Kier alpha value is -0.910. The second-order valence-electron chi connectivity index (χ2n) is 5.64. The maximum Gasteiger partial charge on any atom is 0.335 e. The zero-order valence-corrected chi connectivity index (χ0v) is 13.6. The van der Waals surface area contributed by atoms with Crippen molar-refractivity contribution in [1.29, 1.82) is 0 Å². The zero-order chi connectivity index (χ0) is 14.7. The summed E-state index contributed by atoms with van der Waals surface area (Å²) in [6.45, 7) is 3.06. The molecule has 1 aliphatic rings. The van der Waals surface area contributed by atoms with Crippen molar-refractivity contribution in [3.8, 4) is 0 Å². The Morgan fingerprint density at radius 3 is 2.85 bits per heavy atom. The summed E-state index contributed by atoms with van der Waals surface area (Å²) in [5.41, 5.74) is 1.48. The minimum Gasteiger partial charge on any atom is -0.478 e. The molecule has 1 aromatic rings. The van der Waals surface area contributed by atoms with Crippen LogP contribution < -0.4 is 0 Å². The number of nitrogens with zero attached hydrogens (tertiary/aromatic N) is 2. The van der Waals surface area contributed by atoms with E-state index in [0.717, 1.165) is 29.7 Å². The number of likely N-dealkylation sites (N-methyl/N-ethyl adjacent to an activating group) is 1. The summed E-state index contributed by atoms with van der Waals surface area (Å²) < 4.78 is 0.882. The van der Waals surface area contributed by atoms with Gasteiger partial charge in [0.15, 0.2) is 0 Å². The number of halogens is 1. The molecule has 4 nitrogen and oxygen atoms in total. The SMILES string of the molecule is CN(C)CC1CCCN1Cc1ccc(C(=O)O)cc1Br. The average molecular weight is 341 g/mol. The molecule has 0 aromatic heterocycles. The maximum atomic E-state index is 10.9. The highest BCUT2D eigenvalue weighted by Gasteiger charge is 2.25. The van der Waals surface area contributed by atoms with Crippen LogP contribution in [0.25, 0.3) is 0 Å². The molecule has 0 spiro atoms. The molecule has 20 heavy (non-hydrogen) atoms. The standard InChI is InChI=1S/C15H21BrN2O2/c1-17(2)10-13-4-3-7-18(13)9-12-6-5-11(15(19)20)8-14(12)16/h5-6,8,13H,3-4,7,9-10H2,1-2H3,(H,19,20). The van der Waals surface area contributed by atoms with E-state index in [4.69, 9.17) is 5.11 Å². The number of carboxylic acid groups (broad SMARTS) is 1. The van der Waals surface area contributed by atoms with E-state index in [9.17, 15) is 4.79 Å². The number of carboxylic acids is 1. The smallest absolute Gasteiger partial charge is 0.335 e. The number of aromatic carboxylic acids is 1. The third-order valence-electron chi connectivity index (χ3n) is 3.75. The second-order valence-corrected chi connectivity index (χ2v) is 6.49. The van der Waals surface area contributed by atoms with E-state index in [1.807, 2.05) is 6.07 Å². The van der Waals surface area contributed by atoms with E-state index in [-0.39, 0.29) is 0 Å². The Labute approximate surface area is 128 Å². The molecule has 2 rings (SSSR count). The van der Waals surface area contributed by atoms with Crippen LogP contribution in [0, 0.1) is 0 Å². The highest BCUT2D eigenvalue weighted by molar-refractivity contribution is 9.10. The number of rotatable bonds is 5.